The smallest absolute Gasteiger partial charge is 0.269 e. The van der Waals surface area contributed by atoms with Gasteiger partial charge in [-0.2, -0.15) is 0 Å². The number of hydrogen-bond acceptors (Lipinski definition) is 6. The number of pyridine rings is 1. The fraction of sp³-hybridized carbons (Fsp3) is 0.143. The van der Waals surface area contributed by atoms with Crippen LogP contribution in [0.3, 0.4) is 0 Å². The molecule has 1 aromatic carbocycles. The molecule has 0 unspecified atom stereocenters. The van der Waals surface area contributed by atoms with Gasteiger partial charge in [0.15, 0.2) is 0 Å². The summed E-state index contributed by atoms with van der Waals surface area (Å²) < 4.78 is 0. The summed E-state index contributed by atoms with van der Waals surface area (Å²) in [6, 6.07) is 13.0. The molecule has 146 valence electrons. The van der Waals surface area contributed by atoms with E-state index >= 15 is 0 Å². The number of H-pyrrole nitrogens is 1. The number of amides is 1. The van der Waals surface area contributed by atoms with Crippen LogP contribution in [0.5, 0.6) is 0 Å². The zero-order valence-corrected chi connectivity index (χ0v) is 16.0. The van der Waals surface area contributed by atoms with Crippen LogP contribution in [0.2, 0.25) is 0 Å². The molecule has 4 rings (SSSR count). The van der Waals surface area contributed by atoms with Gasteiger partial charge in [-0.25, -0.2) is 9.97 Å². The maximum atomic E-state index is 12.1. The Morgan fingerprint density at radius 1 is 1.10 bits per heavy atom. The van der Waals surface area contributed by atoms with E-state index < -0.39 is 0 Å². The van der Waals surface area contributed by atoms with Gasteiger partial charge in [0.2, 0.25) is 5.95 Å². The van der Waals surface area contributed by atoms with E-state index in [1.165, 1.54) is 4.90 Å². The molecule has 1 amide bonds. The SMILES string of the molecule is CN(C)C(=O)c1cc2cc(Nc3nccc(-c4ccc(CO)cn4)n3)ccc2[nH]1. The van der Waals surface area contributed by atoms with Crippen LogP contribution in [-0.4, -0.2) is 49.9 Å². The third-order valence-corrected chi connectivity index (χ3v) is 4.44. The predicted octanol–water partition coefficient (Wildman–Crippen LogP) is 2.96. The lowest BCUT2D eigenvalue weighted by molar-refractivity contribution is 0.0823. The number of aliphatic hydroxyl groups is 1. The number of carbonyl (C=O) groups excluding carboxylic acids is 1. The zero-order chi connectivity index (χ0) is 20.4. The molecule has 0 aliphatic heterocycles. The molecule has 0 saturated heterocycles. The Labute approximate surface area is 167 Å². The van der Waals surface area contributed by atoms with Gasteiger partial charge in [0.25, 0.3) is 5.91 Å². The van der Waals surface area contributed by atoms with Crippen LogP contribution in [0.25, 0.3) is 22.3 Å². The van der Waals surface area contributed by atoms with Crippen molar-refractivity contribution in [3.63, 3.8) is 0 Å². The molecule has 0 aliphatic carbocycles. The molecule has 8 nitrogen and oxygen atoms in total. The molecule has 3 heterocycles. The normalized spacial score (nSPS) is 10.9. The van der Waals surface area contributed by atoms with Gasteiger partial charge in [-0.05, 0) is 42.0 Å². The van der Waals surface area contributed by atoms with Gasteiger partial charge in [-0.1, -0.05) is 6.07 Å². The van der Waals surface area contributed by atoms with Gasteiger partial charge in [-0.15, -0.1) is 0 Å². The Kier molecular flexibility index (Phi) is 4.92. The molecule has 0 bridgehead atoms. The minimum absolute atomic E-state index is 0.0483. The highest BCUT2D eigenvalue weighted by Gasteiger charge is 2.12. The highest BCUT2D eigenvalue weighted by Crippen LogP contribution is 2.23. The lowest BCUT2D eigenvalue weighted by atomic mass is 10.2. The van der Waals surface area contributed by atoms with E-state index in [4.69, 9.17) is 5.11 Å². The molecule has 0 atom stereocenters. The molecular formula is C21H20N6O2. The molecule has 3 N–H and O–H groups in total. The summed E-state index contributed by atoms with van der Waals surface area (Å²) in [4.78, 5) is 29.9. The van der Waals surface area contributed by atoms with Gasteiger partial charge < -0.3 is 20.3 Å². The number of carbonyl (C=O) groups is 1. The average Bonchev–Trinajstić information content (AvgIpc) is 3.16. The van der Waals surface area contributed by atoms with Crippen molar-refractivity contribution in [3.05, 3.63) is 66.1 Å². The third kappa shape index (κ3) is 3.92. The van der Waals surface area contributed by atoms with Crippen molar-refractivity contribution < 1.29 is 9.90 Å². The minimum Gasteiger partial charge on any atom is -0.392 e. The fourth-order valence-corrected chi connectivity index (χ4v) is 2.93. The summed E-state index contributed by atoms with van der Waals surface area (Å²) in [5.74, 6) is 0.362. The lowest BCUT2D eigenvalue weighted by Crippen LogP contribution is -2.21. The van der Waals surface area contributed by atoms with Gasteiger partial charge in [0.1, 0.15) is 5.69 Å². The van der Waals surface area contributed by atoms with E-state index in [-0.39, 0.29) is 12.5 Å². The van der Waals surface area contributed by atoms with E-state index in [1.54, 1.807) is 32.6 Å². The average molecular weight is 388 g/mol. The highest BCUT2D eigenvalue weighted by atomic mass is 16.3. The van der Waals surface area contributed by atoms with Crippen molar-refractivity contribution in [2.75, 3.05) is 19.4 Å². The van der Waals surface area contributed by atoms with Crippen molar-refractivity contribution in [1.82, 2.24) is 24.8 Å². The number of rotatable bonds is 5. The molecule has 0 spiro atoms. The Morgan fingerprint density at radius 2 is 1.97 bits per heavy atom. The first-order valence-electron chi connectivity index (χ1n) is 9.04. The minimum atomic E-state index is -0.0774. The Hall–Kier alpha value is -3.78. The van der Waals surface area contributed by atoms with E-state index in [0.29, 0.717) is 23.0 Å². The second-order valence-corrected chi connectivity index (χ2v) is 6.78. The van der Waals surface area contributed by atoms with Gasteiger partial charge in [0.05, 0.1) is 18.0 Å². The first kappa shape index (κ1) is 18.6. The Morgan fingerprint density at radius 3 is 2.69 bits per heavy atom. The van der Waals surface area contributed by atoms with E-state index in [1.807, 2.05) is 36.4 Å². The molecule has 8 heteroatoms. The molecule has 0 saturated carbocycles. The molecule has 4 aromatic rings. The summed E-state index contributed by atoms with van der Waals surface area (Å²) >= 11 is 0. The Balaban J connectivity index is 1.58. The van der Waals surface area contributed by atoms with Crippen molar-refractivity contribution in [2.24, 2.45) is 0 Å². The number of fused-ring (bicyclic) bond motifs is 1. The van der Waals surface area contributed by atoms with Crippen LogP contribution in [0.4, 0.5) is 11.6 Å². The molecule has 0 radical (unpaired) electrons. The molecular weight excluding hydrogens is 368 g/mol. The number of benzene rings is 1. The van der Waals surface area contributed by atoms with Gasteiger partial charge in [0, 0.05) is 43.1 Å². The maximum absolute atomic E-state index is 12.1. The summed E-state index contributed by atoms with van der Waals surface area (Å²) in [6.07, 6.45) is 3.28. The first-order chi connectivity index (χ1) is 14.0. The molecule has 0 aliphatic rings. The molecule has 0 fully saturated rings. The number of nitrogens with zero attached hydrogens (tertiary/aromatic N) is 4. The zero-order valence-electron chi connectivity index (χ0n) is 16.0. The third-order valence-electron chi connectivity index (χ3n) is 4.44. The lowest BCUT2D eigenvalue weighted by Gasteiger charge is -2.07. The van der Waals surface area contributed by atoms with E-state index in [0.717, 1.165) is 22.2 Å². The van der Waals surface area contributed by atoms with Gasteiger partial charge >= 0.3 is 0 Å². The maximum Gasteiger partial charge on any atom is 0.269 e. The second kappa shape index (κ2) is 7.69. The Bertz CT molecular complexity index is 1170. The molecule has 29 heavy (non-hydrogen) atoms. The topological polar surface area (TPSA) is 107 Å². The largest absolute Gasteiger partial charge is 0.392 e. The van der Waals surface area contributed by atoms with Crippen molar-refractivity contribution in [1.29, 1.82) is 0 Å². The molecule has 3 aromatic heterocycles. The van der Waals surface area contributed by atoms with Crippen LogP contribution in [0, 0.1) is 0 Å². The van der Waals surface area contributed by atoms with Crippen LogP contribution in [0.1, 0.15) is 16.1 Å². The van der Waals surface area contributed by atoms with E-state index in [9.17, 15) is 4.79 Å². The number of hydrogen-bond donors (Lipinski definition) is 3. The van der Waals surface area contributed by atoms with Crippen molar-refractivity contribution >= 4 is 28.4 Å². The number of nitrogens with one attached hydrogen (secondary N) is 2. The van der Waals surface area contributed by atoms with Crippen molar-refractivity contribution in [3.8, 4) is 11.4 Å². The van der Waals surface area contributed by atoms with E-state index in [2.05, 4.69) is 25.3 Å². The van der Waals surface area contributed by atoms with Crippen LogP contribution in [0.15, 0.2) is 54.9 Å². The van der Waals surface area contributed by atoms with Crippen LogP contribution >= 0.6 is 0 Å². The second-order valence-electron chi connectivity index (χ2n) is 6.78. The number of aromatic nitrogens is 4. The monoisotopic (exact) mass is 388 g/mol. The summed E-state index contributed by atoms with van der Waals surface area (Å²) in [7, 11) is 3.44. The number of aromatic amines is 1. The van der Waals surface area contributed by atoms with Crippen LogP contribution in [-0.2, 0) is 6.61 Å². The van der Waals surface area contributed by atoms with Crippen molar-refractivity contribution in [2.45, 2.75) is 6.61 Å². The highest BCUT2D eigenvalue weighted by molar-refractivity contribution is 5.98. The summed E-state index contributed by atoms with van der Waals surface area (Å²) in [5, 5.41) is 13.2. The summed E-state index contributed by atoms with van der Waals surface area (Å²) in [5.41, 5.74) is 4.34. The fourth-order valence-electron chi connectivity index (χ4n) is 2.93. The number of anilines is 2. The summed E-state index contributed by atoms with van der Waals surface area (Å²) in [6.45, 7) is -0.0483. The quantitative estimate of drug-likeness (QED) is 0.485. The number of aliphatic hydroxyl groups excluding tert-OH is 1. The van der Waals surface area contributed by atoms with Crippen LogP contribution < -0.4 is 5.32 Å². The van der Waals surface area contributed by atoms with Gasteiger partial charge in [-0.3, -0.25) is 9.78 Å². The predicted molar refractivity (Wildman–Crippen MR) is 111 cm³/mol. The first-order valence-corrected chi connectivity index (χ1v) is 9.04. The standard InChI is InChI=1S/C21H20N6O2/c1-27(2)20(29)19-10-14-9-15(4-6-16(14)25-19)24-21-22-8-7-18(26-21)17-5-3-13(12-28)11-23-17/h3-11,25,28H,12H2,1-2H3,(H,22,24,26).